The van der Waals surface area contributed by atoms with Gasteiger partial charge < -0.3 is 20.5 Å². The third kappa shape index (κ3) is 9.44. The van der Waals surface area contributed by atoms with Crippen LogP contribution in [-0.4, -0.2) is 45.2 Å². The van der Waals surface area contributed by atoms with Gasteiger partial charge in [0, 0.05) is 0 Å². The maximum absolute atomic E-state index is 13.0. The minimum absolute atomic E-state index is 0. The highest BCUT2D eigenvalue weighted by Gasteiger charge is 2.20. The molecule has 10 nitrogen and oxygen atoms in total. The van der Waals surface area contributed by atoms with E-state index in [9.17, 15) is 23.2 Å². The van der Waals surface area contributed by atoms with E-state index < -0.39 is 44.7 Å². The number of hydrogen-bond donors (Lipinski definition) is 5. The number of carbonyl (C=O) groups excluding carboxylic acids is 1. The molecule has 16 heteroatoms. The van der Waals surface area contributed by atoms with Gasteiger partial charge in [-0.25, -0.2) is 24.3 Å². The summed E-state index contributed by atoms with van der Waals surface area (Å²) >= 11 is 21.8. The number of carboxylic acid groups (broad SMARTS) is 3. The van der Waals surface area contributed by atoms with Gasteiger partial charge in [-0.3, -0.25) is 9.59 Å². The van der Waals surface area contributed by atoms with Gasteiger partial charge in [0.15, 0.2) is 6.29 Å². The van der Waals surface area contributed by atoms with Crippen molar-refractivity contribution in [1.29, 1.82) is 5.26 Å². The molecule has 0 heterocycles. The average Bonchev–Trinajstić information content (AvgIpc) is 2.76. The van der Waals surface area contributed by atoms with Gasteiger partial charge in [-0.05, 0) is 12.1 Å². The summed E-state index contributed by atoms with van der Waals surface area (Å²) in [6.45, 7) is -0.250. The Balaban J connectivity index is -0.000000464. The molecule has 0 unspecified atom stereocenters. The molecule has 0 aliphatic carbocycles. The standard InChI is InChI=1S/C8H2Cl2FNO2.C8H3Cl2FO3.CH2O2.CH4.H3NO/c2*9-6-3(8(13)14)1-5(11)7(10)4(6)2-12;2-1-3;;1-2/h1H,(H,13,14);1-2H,(H,13,14);1H,(H,2,3);1H4;2H,1H2. The quantitative estimate of drug-likeness (QED) is 0.191. The normalized spacial score (nSPS) is 8.56. The van der Waals surface area contributed by atoms with Crippen LogP contribution in [0.25, 0.3) is 0 Å². The highest BCUT2D eigenvalue weighted by molar-refractivity contribution is 6.40. The second kappa shape index (κ2) is 17.4. The molecule has 2 aromatic rings. The van der Waals surface area contributed by atoms with Crippen LogP contribution < -0.4 is 5.90 Å². The molecule has 0 saturated heterocycles. The Morgan fingerprint density at radius 3 is 1.56 bits per heavy atom. The molecule has 0 fully saturated rings. The number of nitrogens with two attached hydrogens (primary N) is 1. The lowest BCUT2D eigenvalue weighted by molar-refractivity contribution is -0.122. The number of benzene rings is 2. The highest BCUT2D eigenvalue weighted by atomic mass is 35.5. The van der Waals surface area contributed by atoms with Gasteiger partial charge >= 0.3 is 11.9 Å². The number of halogens is 6. The number of aromatic carboxylic acids is 2. The fourth-order valence-electron chi connectivity index (χ4n) is 1.74. The molecule has 0 atom stereocenters. The van der Waals surface area contributed by atoms with Gasteiger partial charge in [-0.1, -0.05) is 53.8 Å². The van der Waals surface area contributed by atoms with Crippen molar-refractivity contribution in [1.82, 2.24) is 0 Å². The Morgan fingerprint density at radius 1 is 0.882 bits per heavy atom. The van der Waals surface area contributed by atoms with E-state index in [-0.39, 0.29) is 41.4 Å². The van der Waals surface area contributed by atoms with Crippen molar-refractivity contribution < 1.29 is 48.5 Å². The van der Waals surface area contributed by atoms with Crippen LogP contribution in [0.3, 0.4) is 0 Å². The molecule has 2 aromatic carbocycles. The Hall–Kier alpha value is -3.05. The average molecular weight is 566 g/mol. The first kappa shape index (κ1) is 35.5. The van der Waals surface area contributed by atoms with E-state index in [1.54, 1.807) is 0 Å². The largest absolute Gasteiger partial charge is 0.483 e. The first-order valence-electron chi connectivity index (χ1n) is 7.39. The van der Waals surface area contributed by atoms with Gasteiger partial charge in [0.2, 0.25) is 0 Å². The molecule has 6 N–H and O–H groups in total. The predicted molar refractivity (Wildman–Crippen MR) is 118 cm³/mol. The van der Waals surface area contributed by atoms with Crippen molar-refractivity contribution in [3.8, 4) is 6.07 Å². The fourth-order valence-corrected chi connectivity index (χ4v) is 2.77. The molecule has 0 aliphatic rings. The molecule has 34 heavy (non-hydrogen) atoms. The summed E-state index contributed by atoms with van der Waals surface area (Å²) in [6.07, 6.45) is 0.209. The van der Waals surface area contributed by atoms with Crippen molar-refractivity contribution >= 4 is 71.1 Å². The van der Waals surface area contributed by atoms with Crippen LogP contribution in [0, 0.1) is 23.0 Å². The third-order valence-corrected chi connectivity index (χ3v) is 4.59. The summed E-state index contributed by atoms with van der Waals surface area (Å²) in [6, 6.07) is 2.87. The van der Waals surface area contributed by atoms with Gasteiger partial charge in [-0.15, -0.1) is 0 Å². The van der Waals surface area contributed by atoms with E-state index in [1.165, 1.54) is 6.07 Å². The zero-order chi connectivity index (χ0) is 26.5. The van der Waals surface area contributed by atoms with E-state index in [1.807, 2.05) is 0 Å². The number of aldehydes is 1. The van der Waals surface area contributed by atoms with Crippen molar-refractivity contribution in [2.45, 2.75) is 7.43 Å². The smallest absolute Gasteiger partial charge is 0.337 e. The zero-order valence-corrected chi connectivity index (χ0v) is 18.5. The first-order chi connectivity index (χ1) is 15.4. The Kier molecular flexibility index (Phi) is 18.2. The fraction of sp³-hybridized carbons (Fsp3) is 0.0556. The minimum Gasteiger partial charge on any atom is -0.483 e. The monoisotopic (exact) mass is 564 g/mol. The molecule has 0 spiro atoms. The number of rotatable bonds is 3. The lowest BCUT2D eigenvalue weighted by atomic mass is 10.1. The number of nitriles is 1. The lowest BCUT2D eigenvalue weighted by Gasteiger charge is -2.04. The number of nitrogens with zero attached hydrogens (tertiary/aromatic N) is 1. The van der Waals surface area contributed by atoms with Crippen LogP contribution in [-0.2, 0) is 4.79 Å². The van der Waals surface area contributed by atoms with Crippen molar-refractivity contribution in [2.24, 2.45) is 5.90 Å². The second-order valence-corrected chi connectivity index (χ2v) is 6.31. The maximum atomic E-state index is 13.0. The van der Waals surface area contributed by atoms with E-state index in [0.29, 0.717) is 12.1 Å². The summed E-state index contributed by atoms with van der Waals surface area (Å²) in [5.74, 6) is -1.31. The van der Waals surface area contributed by atoms with Crippen LogP contribution >= 0.6 is 46.4 Å². The molecule has 0 radical (unpaired) electrons. The maximum Gasteiger partial charge on any atom is 0.337 e. The molecule has 0 aromatic heterocycles. The molecule has 0 aliphatic heterocycles. The SMILES string of the molecule is C.N#Cc1c(Cl)c(F)cc(C(=O)O)c1Cl.NO.O=CO.O=Cc1c(Cl)c(F)cc(C(=O)O)c1Cl. The van der Waals surface area contributed by atoms with E-state index in [2.05, 4.69) is 5.90 Å². The van der Waals surface area contributed by atoms with E-state index >= 15 is 0 Å². The molecule has 0 bridgehead atoms. The molecular formula is C18H14Cl4F2N2O8. The highest BCUT2D eigenvalue weighted by Crippen LogP contribution is 2.30. The van der Waals surface area contributed by atoms with Crippen molar-refractivity contribution in [3.05, 3.63) is 66.1 Å². The van der Waals surface area contributed by atoms with E-state index in [4.69, 9.17) is 77.0 Å². The van der Waals surface area contributed by atoms with Crippen LogP contribution in [0.4, 0.5) is 8.78 Å². The zero-order valence-electron chi connectivity index (χ0n) is 15.5. The van der Waals surface area contributed by atoms with Gasteiger partial charge in [0.1, 0.15) is 17.7 Å². The number of hydrogen-bond acceptors (Lipinski definition) is 7. The minimum atomic E-state index is -1.42. The van der Waals surface area contributed by atoms with Crippen LogP contribution in [0.2, 0.25) is 20.1 Å². The number of carboxylic acids is 2. The summed E-state index contributed by atoms with van der Waals surface area (Å²) in [5.41, 5.74) is -1.70. The molecular weight excluding hydrogens is 552 g/mol. The third-order valence-electron chi connectivity index (χ3n) is 3.04. The predicted octanol–water partition coefficient (Wildman–Crippen LogP) is 5.02. The first-order valence-corrected chi connectivity index (χ1v) is 8.91. The lowest BCUT2D eigenvalue weighted by Crippen LogP contribution is -2.02. The van der Waals surface area contributed by atoms with Gasteiger partial charge in [0.05, 0.1) is 42.3 Å². The Morgan fingerprint density at radius 2 is 1.24 bits per heavy atom. The van der Waals surface area contributed by atoms with E-state index in [0.717, 1.165) is 0 Å². The molecule has 186 valence electrons. The van der Waals surface area contributed by atoms with Gasteiger partial charge in [0.25, 0.3) is 6.47 Å². The second-order valence-electron chi connectivity index (χ2n) is 4.80. The van der Waals surface area contributed by atoms with Crippen molar-refractivity contribution in [2.75, 3.05) is 0 Å². The van der Waals surface area contributed by atoms with Gasteiger partial charge in [-0.2, -0.15) is 5.26 Å². The summed E-state index contributed by atoms with van der Waals surface area (Å²) < 4.78 is 25.9. The molecule has 0 saturated carbocycles. The summed E-state index contributed by atoms with van der Waals surface area (Å²) in [5, 5.41) is 37.5. The summed E-state index contributed by atoms with van der Waals surface area (Å²) in [7, 11) is 0. The topological polar surface area (TPSA) is 199 Å². The van der Waals surface area contributed by atoms with Crippen LogP contribution in [0.5, 0.6) is 0 Å². The van der Waals surface area contributed by atoms with Crippen LogP contribution in [0.1, 0.15) is 44.1 Å². The molecule has 0 amide bonds. The summed E-state index contributed by atoms with van der Waals surface area (Å²) in [4.78, 5) is 39.9. The van der Waals surface area contributed by atoms with Crippen LogP contribution in [0.15, 0.2) is 12.1 Å². The number of carbonyl (C=O) groups is 4. The van der Waals surface area contributed by atoms with Crippen molar-refractivity contribution in [3.63, 3.8) is 0 Å². The molecule has 2 rings (SSSR count). The Bertz CT molecular complexity index is 1100. The Labute approximate surface area is 210 Å².